The lowest BCUT2D eigenvalue weighted by Crippen LogP contribution is -1.97. The van der Waals surface area contributed by atoms with Gasteiger partial charge in [0.05, 0.1) is 11.3 Å². The lowest BCUT2D eigenvalue weighted by atomic mass is 10.1. The van der Waals surface area contributed by atoms with Gasteiger partial charge >= 0.3 is 0 Å². The number of aromatic hydroxyl groups is 1. The number of benzene rings is 1. The molecule has 1 aromatic carbocycles. The molecule has 0 atom stereocenters. The van der Waals surface area contributed by atoms with E-state index in [1.54, 1.807) is 36.1 Å². The SMILES string of the molecule is Cc1cc(-n2cccn2)cc(O)c1C=O. The minimum Gasteiger partial charge on any atom is -0.507 e. The third-order valence-corrected chi connectivity index (χ3v) is 2.24. The Morgan fingerprint density at radius 1 is 1.47 bits per heavy atom. The maximum atomic E-state index is 10.7. The number of carbonyl (C=O) groups excluding carboxylic acids is 1. The van der Waals surface area contributed by atoms with Crippen LogP contribution in [0, 0.1) is 6.92 Å². The van der Waals surface area contributed by atoms with Crippen LogP contribution in [0.3, 0.4) is 0 Å². The van der Waals surface area contributed by atoms with Gasteiger partial charge in [-0.3, -0.25) is 4.79 Å². The summed E-state index contributed by atoms with van der Waals surface area (Å²) < 4.78 is 1.63. The van der Waals surface area contributed by atoms with Gasteiger partial charge in [-0.1, -0.05) is 0 Å². The van der Waals surface area contributed by atoms with Crippen LogP contribution in [0.1, 0.15) is 15.9 Å². The number of rotatable bonds is 2. The molecule has 0 unspecified atom stereocenters. The number of phenols is 1. The minimum atomic E-state index is -0.0181. The van der Waals surface area contributed by atoms with Crippen LogP contribution in [0.25, 0.3) is 5.69 Å². The van der Waals surface area contributed by atoms with Gasteiger partial charge in [0.25, 0.3) is 0 Å². The standard InChI is InChI=1S/C11H10N2O2/c1-8-5-9(13-4-2-3-12-13)6-11(15)10(8)7-14/h2-7,15H,1H3. The molecule has 0 radical (unpaired) electrons. The maximum absolute atomic E-state index is 10.7. The zero-order valence-corrected chi connectivity index (χ0v) is 8.21. The molecule has 0 amide bonds. The summed E-state index contributed by atoms with van der Waals surface area (Å²) in [5.74, 6) is -0.0181. The quantitative estimate of drug-likeness (QED) is 0.754. The van der Waals surface area contributed by atoms with Crippen molar-refractivity contribution >= 4 is 6.29 Å². The molecule has 1 heterocycles. The number of carbonyl (C=O) groups is 1. The molecular weight excluding hydrogens is 192 g/mol. The van der Waals surface area contributed by atoms with Crippen molar-refractivity contribution in [2.45, 2.75) is 6.92 Å². The first-order valence-electron chi connectivity index (χ1n) is 4.51. The molecule has 0 fully saturated rings. The van der Waals surface area contributed by atoms with Crippen molar-refractivity contribution in [3.8, 4) is 11.4 Å². The van der Waals surface area contributed by atoms with Gasteiger partial charge < -0.3 is 5.11 Å². The summed E-state index contributed by atoms with van der Waals surface area (Å²) in [4.78, 5) is 10.7. The fourth-order valence-corrected chi connectivity index (χ4v) is 1.47. The van der Waals surface area contributed by atoms with Gasteiger partial charge in [-0.05, 0) is 24.6 Å². The van der Waals surface area contributed by atoms with Crippen molar-refractivity contribution in [2.75, 3.05) is 0 Å². The van der Waals surface area contributed by atoms with Gasteiger partial charge in [-0.25, -0.2) is 4.68 Å². The van der Waals surface area contributed by atoms with Gasteiger partial charge in [0.15, 0.2) is 6.29 Å². The van der Waals surface area contributed by atoms with E-state index in [0.29, 0.717) is 11.8 Å². The van der Waals surface area contributed by atoms with E-state index in [4.69, 9.17) is 0 Å². The van der Waals surface area contributed by atoms with E-state index in [2.05, 4.69) is 5.10 Å². The molecule has 0 saturated carbocycles. The van der Waals surface area contributed by atoms with Crippen LogP contribution in [-0.2, 0) is 0 Å². The maximum Gasteiger partial charge on any atom is 0.154 e. The van der Waals surface area contributed by atoms with Crippen LogP contribution >= 0.6 is 0 Å². The number of aryl methyl sites for hydroxylation is 1. The third kappa shape index (κ3) is 1.61. The van der Waals surface area contributed by atoms with Crippen LogP contribution in [-0.4, -0.2) is 21.2 Å². The highest BCUT2D eigenvalue weighted by Crippen LogP contribution is 2.23. The Hall–Kier alpha value is -2.10. The van der Waals surface area contributed by atoms with Crippen molar-refractivity contribution in [1.82, 2.24) is 9.78 Å². The van der Waals surface area contributed by atoms with E-state index in [9.17, 15) is 9.90 Å². The number of hydrogen-bond donors (Lipinski definition) is 1. The van der Waals surface area contributed by atoms with Crippen LogP contribution in [0.15, 0.2) is 30.6 Å². The Balaban J connectivity index is 2.58. The average molecular weight is 202 g/mol. The normalized spacial score (nSPS) is 10.2. The van der Waals surface area contributed by atoms with Gasteiger partial charge in [0.1, 0.15) is 5.75 Å². The summed E-state index contributed by atoms with van der Waals surface area (Å²) in [6.07, 6.45) is 4.08. The van der Waals surface area contributed by atoms with Crippen molar-refractivity contribution < 1.29 is 9.90 Å². The molecule has 0 saturated heterocycles. The first kappa shape index (κ1) is 9.45. The number of nitrogens with zero attached hydrogens (tertiary/aromatic N) is 2. The fraction of sp³-hybridized carbons (Fsp3) is 0.0909. The van der Waals surface area contributed by atoms with Crippen molar-refractivity contribution in [2.24, 2.45) is 0 Å². The van der Waals surface area contributed by atoms with Gasteiger partial charge in [-0.2, -0.15) is 5.10 Å². The van der Waals surface area contributed by atoms with Crippen molar-refractivity contribution in [3.63, 3.8) is 0 Å². The fourth-order valence-electron chi connectivity index (χ4n) is 1.47. The molecule has 76 valence electrons. The number of phenolic OH excluding ortho intramolecular Hbond substituents is 1. The molecule has 2 aromatic rings. The lowest BCUT2D eigenvalue weighted by Gasteiger charge is -2.06. The highest BCUT2D eigenvalue weighted by atomic mass is 16.3. The van der Waals surface area contributed by atoms with Crippen LogP contribution in [0.2, 0.25) is 0 Å². The van der Waals surface area contributed by atoms with E-state index in [0.717, 1.165) is 11.3 Å². The predicted octanol–water partition coefficient (Wildman–Crippen LogP) is 1.70. The summed E-state index contributed by atoms with van der Waals surface area (Å²) in [7, 11) is 0. The summed E-state index contributed by atoms with van der Waals surface area (Å²) in [5, 5.41) is 13.6. The Bertz CT molecular complexity index is 466. The minimum absolute atomic E-state index is 0.0181. The zero-order chi connectivity index (χ0) is 10.8. The molecule has 1 aromatic heterocycles. The van der Waals surface area contributed by atoms with Crippen LogP contribution in [0.5, 0.6) is 5.75 Å². The molecule has 4 nitrogen and oxygen atoms in total. The highest BCUT2D eigenvalue weighted by Gasteiger charge is 2.07. The summed E-state index contributed by atoms with van der Waals surface area (Å²) in [6.45, 7) is 1.77. The molecule has 0 bridgehead atoms. The summed E-state index contributed by atoms with van der Waals surface area (Å²) in [6, 6.07) is 5.11. The second-order valence-corrected chi connectivity index (χ2v) is 3.26. The first-order valence-corrected chi connectivity index (χ1v) is 4.51. The topological polar surface area (TPSA) is 55.1 Å². The van der Waals surface area contributed by atoms with E-state index in [1.165, 1.54) is 6.07 Å². The van der Waals surface area contributed by atoms with E-state index < -0.39 is 0 Å². The molecule has 0 aliphatic heterocycles. The van der Waals surface area contributed by atoms with Crippen LogP contribution < -0.4 is 0 Å². The average Bonchev–Trinajstić information content (AvgIpc) is 2.69. The largest absolute Gasteiger partial charge is 0.507 e. The predicted molar refractivity (Wildman–Crippen MR) is 55.4 cm³/mol. The molecule has 15 heavy (non-hydrogen) atoms. The van der Waals surface area contributed by atoms with E-state index in [1.807, 2.05) is 0 Å². The van der Waals surface area contributed by atoms with Crippen LogP contribution in [0.4, 0.5) is 0 Å². The van der Waals surface area contributed by atoms with E-state index >= 15 is 0 Å². The van der Waals surface area contributed by atoms with E-state index in [-0.39, 0.29) is 5.75 Å². The number of aromatic nitrogens is 2. The van der Waals surface area contributed by atoms with Gasteiger partial charge in [0.2, 0.25) is 0 Å². The summed E-state index contributed by atoms with van der Waals surface area (Å²) >= 11 is 0. The Labute approximate surface area is 86.8 Å². The Morgan fingerprint density at radius 2 is 2.27 bits per heavy atom. The second kappa shape index (κ2) is 3.57. The first-order chi connectivity index (χ1) is 7.22. The smallest absolute Gasteiger partial charge is 0.154 e. The molecule has 1 N–H and O–H groups in total. The second-order valence-electron chi connectivity index (χ2n) is 3.26. The Morgan fingerprint density at radius 3 is 2.80 bits per heavy atom. The molecule has 0 spiro atoms. The molecule has 0 aliphatic rings. The van der Waals surface area contributed by atoms with Crippen molar-refractivity contribution in [3.05, 3.63) is 41.7 Å². The zero-order valence-electron chi connectivity index (χ0n) is 8.21. The molecule has 4 heteroatoms. The number of aldehydes is 1. The molecular formula is C11H10N2O2. The molecule has 0 aliphatic carbocycles. The Kier molecular flexibility index (Phi) is 2.25. The van der Waals surface area contributed by atoms with Gasteiger partial charge in [-0.15, -0.1) is 0 Å². The van der Waals surface area contributed by atoms with Gasteiger partial charge in [0, 0.05) is 18.5 Å². The summed E-state index contributed by atoms with van der Waals surface area (Å²) in [5.41, 5.74) is 1.79. The highest BCUT2D eigenvalue weighted by molar-refractivity contribution is 5.82. The van der Waals surface area contributed by atoms with Crippen molar-refractivity contribution in [1.29, 1.82) is 0 Å². The monoisotopic (exact) mass is 202 g/mol. The number of hydrogen-bond acceptors (Lipinski definition) is 3. The molecule has 2 rings (SSSR count). The lowest BCUT2D eigenvalue weighted by molar-refractivity contribution is 0.112. The third-order valence-electron chi connectivity index (χ3n) is 2.24.